The average molecular weight is 351 g/mol. The van der Waals surface area contributed by atoms with Crippen LogP contribution >= 0.6 is 0 Å². The van der Waals surface area contributed by atoms with Crippen LogP contribution < -0.4 is 10.1 Å². The molecule has 1 aromatic carbocycles. The number of pyridine rings is 2. The van der Waals surface area contributed by atoms with Crippen LogP contribution in [-0.4, -0.2) is 22.5 Å². The summed E-state index contributed by atoms with van der Waals surface area (Å²) in [5.74, 6) is -1.03. The van der Waals surface area contributed by atoms with Crippen molar-refractivity contribution in [1.29, 1.82) is 0 Å². The van der Waals surface area contributed by atoms with Crippen LogP contribution in [0.3, 0.4) is 0 Å². The Kier molecular flexibility index (Phi) is 5.22. The number of hydrogen-bond donors (Lipinski definition) is 1. The van der Waals surface area contributed by atoms with Crippen molar-refractivity contribution in [3.63, 3.8) is 0 Å². The number of allylic oxidation sites excluding steroid dienone is 1. The Labute approximate surface area is 150 Å². The van der Waals surface area contributed by atoms with E-state index >= 15 is 0 Å². The van der Waals surface area contributed by atoms with E-state index in [1.54, 1.807) is 43.5 Å². The Morgan fingerprint density at radius 3 is 2.92 bits per heavy atom. The highest BCUT2D eigenvalue weighted by Crippen LogP contribution is 2.25. The smallest absolute Gasteiger partial charge is 0.274 e. The molecule has 0 spiro atoms. The molecular weight excluding hydrogens is 333 g/mol. The fourth-order valence-corrected chi connectivity index (χ4v) is 2.46. The molecular formula is C20H18FN3O2. The Bertz CT molecular complexity index is 986. The third-order valence-corrected chi connectivity index (χ3v) is 3.77. The van der Waals surface area contributed by atoms with E-state index in [4.69, 9.17) is 4.74 Å². The Morgan fingerprint density at radius 1 is 1.27 bits per heavy atom. The van der Waals surface area contributed by atoms with E-state index in [-0.39, 0.29) is 23.7 Å². The zero-order valence-electron chi connectivity index (χ0n) is 14.5. The molecule has 0 unspecified atom stereocenters. The van der Waals surface area contributed by atoms with Gasteiger partial charge in [-0.25, -0.2) is 9.37 Å². The van der Waals surface area contributed by atoms with Gasteiger partial charge in [0.2, 0.25) is 0 Å². The average Bonchev–Trinajstić information content (AvgIpc) is 2.64. The zero-order chi connectivity index (χ0) is 18.5. The molecule has 0 saturated heterocycles. The van der Waals surface area contributed by atoms with Gasteiger partial charge in [-0.2, -0.15) is 0 Å². The van der Waals surface area contributed by atoms with Gasteiger partial charge in [-0.1, -0.05) is 18.2 Å². The summed E-state index contributed by atoms with van der Waals surface area (Å²) in [6.45, 7) is 3.87. The van der Waals surface area contributed by atoms with Gasteiger partial charge in [0, 0.05) is 6.20 Å². The molecule has 3 rings (SSSR count). The summed E-state index contributed by atoms with van der Waals surface area (Å²) < 4.78 is 19.9. The summed E-state index contributed by atoms with van der Waals surface area (Å²) in [7, 11) is 0. The lowest BCUT2D eigenvalue weighted by atomic mass is 10.1. The van der Waals surface area contributed by atoms with Crippen molar-refractivity contribution in [2.24, 2.45) is 0 Å². The molecule has 2 aromatic heterocycles. The molecule has 0 fully saturated rings. The number of hydrogen-bond acceptors (Lipinski definition) is 4. The first kappa shape index (κ1) is 17.5. The number of aromatic nitrogens is 2. The predicted octanol–water partition coefficient (Wildman–Crippen LogP) is 4.28. The maximum atomic E-state index is 14.5. The van der Waals surface area contributed by atoms with E-state index in [1.165, 1.54) is 12.1 Å². The first-order valence-electron chi connectivity index (χ1n) is 8.16. The third kappa shape index (κ3) is 3.69. The van der Waals surface area contributed by atoms with Crippen molar-refractivity contribution in [1.82, 2.24) is 9.97 Å². The highest BCUT2D eigenvalue weighted by atomic mass is 19.1. The SMILES string of the molecule is CC=CCOc1cccc(NC(=O)c2nc3cccnc3cc2C)c1F. The number of nitrogens with zero attached hydrogens (tertiary/aromatic N) is 2. The lowest BCUT2D eigenvalue weighted by Crippen LogP contribution is -2.16. The third-order valence-electron chi connectivity index (χ3n) is 3.77. The normalized spacial score (nSPS) is 11.0. The second-order valence-electron chi connectivity index (χ2n) is 5.65. The van der Waals surface area contributed by atoms with Crippen LogP contribution in [0.5, 0.6) is 5.75 Å². The molecule has 132 valence electrons. The van der Waals surface area contributed by atoms with E-state index in [0.29, 0.717) is 16.6 Å². The van der Waals surface area contributed by atoms with E-state index in [2.05, 4.69) is 15.3 Å². The second-order valence-corrected chi connectivity index (χ2v) is 5.65. The molecule has 1 amide bonds. The standard InChI is InChI=1S/C20H18FN3O2/c1-3-4-11-26-17-9-5-7-15(18(17)21)24-20(25)19-13(2)12-16-14(23-19)8-6-10-22-16/h3-10,12H,11H2,1-2H3,(H,24,25). The van der Waals surface area contributed by atoms with Gasteiger partial charge in [0.1, 0.15) is 12.3 Å². The predicted molar refractivity (Wildman–Crippen MR) is 98.9 cm³/mol. The van der Waals surface area contributed by atoms with Gasteiger partial charge in [0.15, 0.2) is 11.6 Å². The van der Waals surface area contributed by atoms with Gasteiger partial charge in [0.25, 0.3) is 5.91 Å². The van der Waals surface area contributed by atoms with Crippen molar-refractivity contribution in [3.05, 3.63) is 71.8 Å². The number of halogens is 1. The first-order valence-corrected chi connectivity index (χ1v) is 8.16. The molecule has 26 heavy (non-hydrogen) atoms. The van der Waals surface area contributed by atoms with Gasteiger partial charge in [-0.15, -0.1) is 0 Å². The minimum atomic E-state index is -0.620. The van der Waals surface area contributed by atoms with Crippen LogP contribution in [-0.2, 0) is 0 Å². The fourth-order valence-electron chi connectivity index (χ4n) is 2.46. The number of amides is 1. The summed E-state index contributed by atoms with van der Waals surface area (Å²) in [4.78, 5) is 21.1. The molecule has 0 atom stereocenters. The van der Waals surface area contributed by atoms with Crippen molar-refractivity contribution < 1.29 is 13.9 Å². The number of ether oxygens (including phenoxy) is 1. The zero-order valence-corrected chi connectivity index (χ0v) is 14.5. The number of nitrogens with one attached hydrogen (secondary N) is 1. The molecule has 5 nitrogen and oxygen atoms in total. The maximum absolute atomic E-state index is 14.5. The van der Waals surface area contributed by atoms with Gasteiger partial charge < -0.3 is 10.1 Å². The summed E-state index contributed by atoms with van der Waals surface area (Å²) in [5.41, 5.74) is 2.24. The van der Waals surface area contributed by atoms with E-state index in [1.807, 2.05) is 13.0 Å². The lowest BCUT2D eigenvalue weighted by Gasteiger charge is -2.11. The summed E-state index contributed by atoms with van der Waals surface area (Å²) in [6.07, 6.45) is 5.24. The second kappa shape index (κ2) is 7.74. The van der Waals surface area contributed by atoms with Crippen LogP contribution in [0.1, 0.15) is 23.0 Å². The van der Waals surface area contributed by atoms with Crippen molar-refractivity contribution in [2.45, 2.75) is 13.8 Å². The Morgan fingerprint density at radius 2 is 2.12 bits per heavy atom. The highest BCUT2D eigenvalue weighted by molar-refractivity contribution is 6.05. The molecule has 0 bridgehead atoms. The largest absolute Gasteiger partial charge is 0.486 e. The molecule has 2 heterocycles. The molecule has 1 N–H and O–H groups in total. The van der Waals surface area contributed by atoms with Crippen LogP contribution in [0.15, 0.2) is 54.7 Å². The number of fused-ring (bicyclic) bond motifs is 1. The lowest BCUT2D eigenvalue weighted by molar-refractivity contribution is 0.102. The maximum Gasteiger partial charge on any atom is 0.274 e. The van der Waals surface area contributed by atoms with Crippen LogP contribution in [0, 0.1) is 12.7 Å². The van der Waals surface area contributed by atoms with E-state index in [9.17, 15) is 9.18 Å². The van der Waals surface area contributed by atoms with Gasteiger partial charge >= 0.3 is 0 Å². The minimum Gasteiger partial charge on any atom is -0.486 e. The molecule has 3 aromatic rings. The van der Waals surface area contributed by atoms with Crippen molar-refractivity contribution in [3.8, 4) is 5.75 Å². The molecule has 0 aliphatic carbocycles. The van der Waals surface area contributed by atoms with Gasteiger partial charge in [-0.05, 0) is 49.7 Å². The number of anilines is 1. The van der Waals surface area contributed by atoms with Crippen LogP contribution in [0.4, 0.5) is 10.1 Å². The van der Waals surface area contributed by atoms with Crippen LogP contribution in [0.2, 0.25) is 0 Å². The number of aryl methyl sites for hydroxylation is 1. The van der Waals surface area contributed by atoms with E-state index in [0.717, 1.165) is 0 Å². The number of benzene rings is 1. The number of carbonyl (C=O) groups is 1. The molecule has 0 aliphatic heterocycles. The first-order chi connectivity index (χ1) is 12.6. The topological polar surface area (TPSA) is 64.1 Å². The minimum absolute atomic E-state index is 0.0421. The summed E-state index contributed by atoms with van der Waals surface area (Å²) >= 11 is 0. The van der Waals surface area contributed by atoms with Crippen LogP contribution in [0.25, 0.3) is 11.0 Å². The summed E-state index contributed by atoms with van der Waals surface area (Å²) in [5, 5.41) is 2.57. The monoisotopic (exact) mass is 351 g/mol. The number of rotatable bonds is 5. The highest BCUT2D eigenvalue weighted by Gasteiger charge is 2.16. The Hall–Kier alpha value is -3.28. The van der Waals surface area contributed by atoms with Gasteiger partial charge in [-0.3, -0.25) is 9.78 Å². The molecule has 0 saturated carbocycles. The quantitative estimate of drug-likeness (QED) is 0.697. The molecule has 0 aliphatic rings. The number of carbonyl (C=O) groups excluding carboxylic acids is 1. The molecule has 6 heteroatoms. The fraction of sp³-hybridized carbons (Fsp3) is 0.150. The molecule has 0 radical (unpaired) electrons. The van der Waals surface area contributed by atoms with Crippen molar-refractivity contribution >= 4 is 22.6 Å². The summed E-state index contributed by atoms with van der Waals surface area (Å²) in [6, 6.07) is 9.91. The van der Waals surface area contributed by atoms with E-state index < -0.39 is 11.7 Å². The van der Waals surface area contributed by atoms with Crippen molar-refractivity contribution in [2.75, 3.05) is 11.9 Å². The van der Waals surface area contributed by atoms with Gasteiger partial charge in [0.05, 0.1) is 16.7 Å². The Balaban J connectivity index is 1.86.